The van der Waals surface area contributed by atoms with Crippen LogP contribution in [-0.4, -0.2) is 59.4 Å². The van der Waals surface area contributed by atoms with Gasteiger partial charge in [-0.2, -0.15) is 0 Å². The molecule has 3 amide bonds. The third-order valence-electron chi connectivity index (χ3n) is 7.46. The Hall–Kier alpha value is -3.74. The van der Waals surface area contributed by atoms with Crippen LogP contribution in [0.3, 0.4) is 0 Å². The molecule has 1 aromatic heterocycles. The van der Waals surface area contributed by atoms with Crippen molar-refractivity contribution in [2.75, 3.05) is 18.4 Å². The number of carbonyl (C=O) groups is 3. The molecule has 0 aliphatic carbocycles. The van der Waals surface area contributed by atoms with Crippen LogP contribution in [0.5, 0.6) is 0 Å². The first-order valence-corrected chi connectivity index (χ1v) is 14.1. The van der Waals surface area contributed by atoms with Crippen molar-refractivity contribution in [3.8, 4) is 11.3 Å². The molecule has 10 nitrogen and oxygen atoms in total. The zero-order valence-corrected chi connectivity index (χ0v) is 24.8. The molecule has 4 N–H and O–H groups in total. The average molecular weight is 579 g/mol. The summed E-state index contributed by atoms with van der Waals surface area (Å²) >= 11 is 1.29. The monoisotopic (exact) mass is 578 g/mol. The van der Waals surface area contributed by atoms with Crippen molar-refractivity contribution in [3.63, 3.8) is 0 Å². The van der Waals surface area contributed by atoms with Crippen molar-refractivity contribution >= 4 is 47.0 Å². The molecule has 41 heavy (non-hydrogen) atoms. The maximum absolute atomic E-state index is 12.7. The van der Waals surface area contributed by atoms with Crippen LogP contribution in [0.15, 0.2) is 53.9 Å². The van der Waals surface area contributed by atoms with Gasteiger partial charge in [0.1, 0.15) is 0 Å². The van der Waals surface area contributed by atoms with Crippen LogP contribution in [-0.2, 0) is 19.5 Å². The maximum atomic E-state index is 12.7. The van der Waals surface area contributed by atoms with Gasteiger partial charge in [0.15, 0.2) is 5.13 Å². The lowest BCUT2D eigenvalue weighted by Crippen LogP contribution is -2.41. The fraction of sp³-hybridized carbons (Fsp3) is 0.379. The summed E-state index contributed by atoms with van der Waals surface area (Å²) in [6.45, 7) is 11.7. The van der Waals surface area contributed by atoms with Crippen molar-refractivity contribution in [1.82, 2.24) is 15.6 Å². The minimum absolute atomic E-state index is 0.189. The first kappa shape index (κ1) is 30.2. The number of aromatic nitrogens is 1. The van der Waals surface area contributed by atoms with Gasteiger partial charge in [-0.3, -0.25) is 9.59 Å². The van der Waals surface area contributed by atoms with E-state index < -0.39 is 41.6 Å². The lowest BCUT2D eigenvalue weighted by Gasteiger charge is -2.32. The van der Waals surface area contributed by atoms with Crippen LogP contribution in [0.25, 0.3) is 11.3 Å². The maximum Gasteiger partial charge on any atom is 0.494 e. The molecule has 1 aliphatic heterocycles. The summed E-state index contributed by atoms with van der Waals surface area (Å²) in [5, 5.41) is 18.9. The van der Waals surface area contributed by atoms with Gasteiger partial charge in [-0.25, -0.2) is 9.78 Å². The second-order valence-corrected chi connectivity index (χ2v) is 12.5. The third-order valence-corrected chi connectivity index (χ3v) is 8.21. The number of carbonyl (C=O) groups excluding carboxylic acids is 2. The highest BCUT2D eigenvalue weighted by Crippen LogP contribution is 2.36. The van der Waals surface area contributed by atoms with Gasteiger partial charge in [-0.15, -0.1) is 11.3 Å². The molecule has 0 radical (unpaired) electrons. The lowest BCUT2D eigenvalue weighted by molar-refractivity contribution is -0.115. The Kier molecular flexibility index (Phi) is 8.58. The molecular formula is C29H35BN4O6S. The van der Waals surface area contributed by atoms with Gasteiger partial charge in [0.05, 0.1) is 23.4 Å². The van der Waals surface area contributed by atoms with Crippen LogP contribution in [0.2, 0.25) is 0 Å². The number of nitrogens with one attached hydrogen (secondary N) is 3. The zero-order chi connectivity index (χ0) is 30.0. The molecule has 2 aromatic carbocycles. The Balaban J connectivity index is 1.34. The van der Waals surface area contributed by atoms with Crippen LogP contribution in [0, 0.1) is 0 Å². The molecule has 3 aromatic rings. The van der Waals surface area contributed by atoms with Crippen LogP contribution >= 0.6 is 11.3 Å². The molecule has 1 aliphatic rings. The van der Waals surface area contributed by atoms with Crippen LogP contribution in [0.4, 0.5) is 9.93 Å². The van der Waals surface area contributed by atoms with E-state index in [0.717, 1.165) is 16.6 Å². The van der Waals surface area contributed by atoms with Gasteiger partial charge < -0.3 is 30.4 Å². The van der Waals surface area contributed by atoms with Gasteiger partial charge in [0.2, 0.25) is 5.91 Å². The number of benzene rings is 2. The van der Waals surface area contributed by atoms with Crippen molar-refractivity contribution in [2.45, 2.75) is 58.2 Å². The summed E-state index contributed by atoms with van der Waals surface area (Å²) in [6.07, 6.45) is -1.11. The number of hydrogen-bond acceptors (Lipinski definition) is 7. The second-order valence-electron chi connectivity index (χ2n) is 11.6. The van der Waals surface area contributed by atoms with Crippen molar-refractivity contribution in [3.05, 3.63) is 65.0 Å². The predicted octanol–water partition coefficient (Wildman–Crippen LogP) is 4.02. The SMILES string of the molecule is CC(C)(CNC(=O)O)c1cccc(C(=O)NCC(=O)Nc2nc(-c3cccc(B4OC(C)(C)C(C)(C)O4)c3)cs2)c1. The van der Waals surface area contributed by atoms with E-state index in [0.29, 0.717) is 16.4 Å². The van der Waals surface area contributed by atoms with Gasteiger partial charge in [-0.05, 0) is 50.9 Å². The highest BCUT2D eigenvalue weighted by molar-refractivity contribution is 7.14. The molecule has 4 rings (SSSR count). The largest absolute Gasteiger partial charge is 0.494 e. The molecule has 0 atom stereocenters. The van der Waals surface area contributed by atoms with E-state index in [-0.39, 0.29) is 13.1 Å². The quantitative estimate of drug-likeness (QED) is 0.281. The standard InChI is InChI=1S/C29H35BN4O6S/c1-27(2,17-32-26(37)38)20-11-7-10-19(13-20)24(36)31-15-23(35)34-25-33-22(16-41-25)18-9-8-12-21(14-18)30-39-28(3,4)29(5,6)40-30/h7-14,16,32H,15,17H2,1-6H3,(H,31,36)(H,37,38)(H,33,34,35). The predicted molar refractivity (Wildman–Crippen MR) is 160 cm³/mol. The Bertz CT molecular complexity index is 1440. The smallest absolute Gasteiger partial charge is 0.465 e. The van der Waals surface area contributed by atoms with Crippen molar-refractivity contribution in [2.24, 2.45) is 0 Å². The number of nitrogens with zero attached hydrogens (tertiary/aromatic N) is 1. The minimum Gasteiger partial charge on any atom is -0.465 e. The highest BCUT2D eigenvalue weighted by atomic mass is 32.1. The number of amides is 3. The number of rotatable bonds is 9. The van der Waals surface area contributed by atoms with Crippen molar-refractivity contribution < 1.29 is 28.8 Å². The molecule has 0 spiro atoms. The average Bonchev–Trinajstić information content (AvgIpc) is 3.47. The molecule has 0 unspecified atom stereocenters. The summed E-state index contributed by atoms with van der Waals surface area (Å²) in [4.78, 5) is 40.7. The van der Waals surface area contributed by atoms with E-state index in [1.165, 1.54) is 11.3 Å². The summed E-state index contributed by atoms with van der Waals surface area (Å²) in [5.74, 6) is -0.823. The molecule has 0 saturated carbocycles. The van der Waals surface area contributed by atoms with E-state index in [9.17, 15) is 14.4 Å². The summed E-state index contributed by atoms with van der Waals surface area (Å²) in [5.41, 5.74) is 2.19. The molecule has 12 heteroatoms. The van der Waals surface area contributed by atoms with Gasteiger partial charge >= 0.3 is 13.2 Å². The van der Waals surface area contributed by atoms with Gasteiger partial charge in [-0.1, -0.05) is 50.2 Å². The van der Waals surface area contributed by atoms with E-state index in [1.54, 1.807) is 18.2 Å². The molecule has 1 fully saturated rings. The fourth-order valence-corrected chi connectivity index (χ4v) is 4.93. The zero-order valence-electron chi connectivity index (χ0n) is 24.0. The third kappa shape index (κ3) is 7.13. The van der Waals surface area contributed by atoms with Crippen LogP contribution < -0.4 is 21.4 Å². The number of hydrogen-bond donors (Lipinski definition) is 4. The van der Waals surface area contributed by atoms with E-state index >= 15 is 0 Å². The summed E-state index contributed by atoms with van der Waals surface area (Å²) in [7, 11) is -0.491. The number of anilines is 1. The van der Waals surface area contributed by atoms with E-state index in [1.807, 2.05) is 77.3 Å². The number of thiazole rings is 1. The Labute approximate surface area is 244 Å². The lowest BCUT2D eigenvalue weighted by atomic mass is 9.78. The minimum atomic E-state index is -1.11. The van der Waals surface area contributed by atoms with Gasteiger partial charge in [0, 0.05) is 28.5 Å². The van der Waals surface area contributed by atoms with E-state index in [2.05, 4.69) is 20.9 Å². The first-order valence-electron chi connectivity index (χ1n) is 13.2. The first-order chi connectivity index (χ1) is 19.2. The Morgan fingerprint density at radius 2 is 1.68 bits per heavy atom. The Morgan fingerprint density at radius 1 is 1.00 bits per heavy atom. The molecular weight excluding hydrogens is 543 g/mol. The highest BCUT2D eigenvalue weighted by Gasteiger charge is 2.51. The topological polar surface area (TPSA) is 139 Å². The summed E-state index contributed by atoms with van der Waals surface area (Å²) in [6, 6.07) is 14.7. The second kappa shape index (κ2) is 11.6. The Morgan fingerprint density at radius 3 is 2.37 bits per heavy atom. The molecule has 2 heterocycles. The normalized spacial score (nSPS) is 15.8. The number of carboxylic acid groups (broad SMARTS) is 1. The molecule has 216 valence electrons. The van der Waals surface area contributed by atoms with Crippen molar-refractivity contribution in [1.29, 1.82) is 0 Å². The van der Waals surface area contributed by atoms with Gasteiger partial charge in [0.25, 0.3) is 5.91 Å². The molecule has 1 saturated heterocycles. The summed E-state index contributed by atoms with van der Waals surface area (Å²) < 4.78 is 12.3. The fourth-order valence-electron chi connectivity index (χ4n) is 4.19. The molecule has 0 bridgehead atoms. The van der Waals surface area contributed by atoms with Crippen LogP contribution in [0.1, 0.15) is 57.5 Å². The van der Waals surface area contributed by atoms with E-state index in [4.69, 9.17) is 14.4 Å².